The molecule has 0 aliphatic carbocycles. The molecule has 0 spiro atoms. The number of nitrogens with two attached hydrogens (primary N) is 1. The first-order chi connectivity index (χ1) is 12.1. The summed E-state index contributed by atoms with van der Waals surface area (Å²) in [7, 11) is 8.03. The molecule has 0 bridgehead atoms. The van der Waals surface area contributed by atoms with Gasteiger partial charge >= 0.3 is 0 Å². The zero-order valence-corrected chi connectivity index (χ0v) is 16.6. The van der Waals surface area contributed by atoms with Gasteiger partial charge in [-0.3, -0.25) is 0 Å². The Labute approximate surface area is 156 Å². The monoisotopic (exact) mass is 351 g/mol. The highest BCUT2D eigenvalue weighted by atomic mass is 15.1. The van der Waals surface area contributed by atoms with E-state index in [0.717, 1.165) is 39.5 Å². The average Bonchev–Trinajstić information content (AvgIpc) is 2.56. The summed E-state index contributed by atoms with van der Waals surface area (Å²) in [6.07, 6.45) is 0. The van der Waals surface area contributed by atoms with Crippen LogP contribution in [0.25, 0.3) is 11.4 Å². The summed E-state index contributed by atoms with van der Waals surface area (Å²) in [5, 5.41) is 3.39. The van der Waals surface area contributed by atoms with Crippen molar-refractivity contribution in [3.63, 3.8) is 0 Å². The van der Waals surface area contributed by atoms with Gasteiger partial charge in [0.25, 0.3) is 0 Å². The fraction of sp³-hybridized carbons (Fsp3) is 0.286. The van der Waals surface area contributed by atoms with Gasteiger partial charge in [-0.1, -0.05) is 13.2 Å². The summed E-state index contributed by atoms with van der Waals surface area (Å²) >= 11 is 0. The van der Waals surface area contributed by atoms with Crippen LogP contribution in [-0.4, -0.2) is 38.1 Å². The fourth-order valence-electron chi connectivity index (χ4n) is 2.66. The Hall–Kier alpha value is -2.95. The minimum absolute atomic E-state index is 0.492. The summed E-state index contributed by atoms with van der Waals surface area (Å²) in [5.74, 6) is 0.708. The van der Waals surface area contributed by atoms with E-state index in [-0.39, 0.29) is 0 Å². The molecular weight excluding hydrogens is 322 g/mol. The lowest BCUT2D eigenvalue weighted by atomic mass is 10.1. The number of pyridine rings is 1. The Balaban J connectivity index is 2.51. The highest BCUT2D eigenvalue weighted by Gasteiger charge is 2.13. The standard InChI is InChI=1S/C21H29N5/c1-13-11-18(14(2)22)21(23-15(13)3)24-17-9-10-20(26(7)8)19(12-17)16(4)25(5)6/h9-12H,2,4,22H2,1,3,5-8H3,(H,23,24). The van der Waals surface area contributed by atoms with Gasteiger partial charge in [0, 0.05) is 67.8 Å². The maximum absolute atomic E-state index is 5.97. The highest BCUT2D eigenvalue weighted by Crippen LogP contribution is 2.31. The van der Waals surface area contributed by atoms with Crippen molar-refractivity contribution in [1.82, 2.24) is 9.88 Å². The second-order valence-corrected chi connectivity index (χ2v) is 6.90. The van der Waals surface area contributed by atoms with Gasteiger partial charge in [0.2, 0.25) is 0 Å². The molecule has 1 heterocycles. The second kappa shape index (κ2) is 7.52. The van der Waals surface area contributed by atoms with Crippen LogP contribution in [-0.2, 0) is 0 Å². The molecule has 0 aliphatic rings. The van der Waals surface area contributed by atoms with E-state index in [1.165, 1.54) is 0 Å². The molecule has 1 aromatic carbocycles. The SMILES string of the molecule is C=C(N)c1cc(C)c(C)nc1Nc1ccc(N(C)C)c(C(=C)N(C)C)c1. The molecule has 138 valence electrons. The minimum atomic E-state index is 0.492. The van der Waals surface area contributed by atoms with E-state index in [1.54, 1.807) is 0 Å². The fourth-order valence-corrected chi connectivity index (χ4v) is 2.66. The molecule has 0 atom stereocenters. The predicted molar refractivity (Wildman–Crippen MR) is 114 cm³/mol. The van der Waals surface area contributed by atoms with E-state index in [0.29, 0.717) is 11.5 Å². The normalized spacial score (nSPS) is 10.4. The van der Waals surface area contributed by atoms with Gasteiger partial charge in [0.15, 0.2) is 0 Å². The predicted octanol–water partition coefficient (Wildman–Crippen LogP) is 3.97. The van der Waals surface area contributed by atoms with Crippen molar-refractivity contribution in [1.29, 1.82) is 0 Å². The molecule has 0 unspecified atom stereocenters. The van der Waals surface area contributed by atoms with E-state index in [1.807, 2.05) is 59.1 Å². The zero-order valence-electron chi connectivity index (χ0n) is 16.6. The molecule has 0 amide bonds. The van der Waals surface area contributed by atoms with Crippen LogP contribution in [0.5, 0.6) is 0 Å². The number of rotatable bonds is 6. The lowest BCUT2D eigenvalue weighted by Gasteiger charge is -2.24. The number of hydrogen-bond acceptors (Lipinski definition) is 5. The van der Waals surface area contributed by atoms with Gasteiger partial charge in [-0.05, 0) is 43.7 Å². The van der Waals surface area contributed by atoms with Gasteiger partial charge < -0.3 is 20.9 Å². The Morgan fingerprint density at radius 3 is 2.23 bits per heavy atom. The van der Waals surface area contributed by atoms with Crippen molar-refractivity contribution in [2.45, 2.75) is 13.8 Å². The van der Waals surface area contributed by atoms with E-state index >= 15 is 0 Å². The molecule has 2 rings (SSSR count). The molecule has 1 aromatic heterocycles. The van der Waals surface area contributed by atoms with Gasteiger partial charge in [0.05, 0.1) is 0 Å². The van der Waals surface area contributed by atoms with Crippen molar-refractivity contribution in [2.24, 2.45) is 5.73 Å². The van der Waals surface area contributed by atoms with Crippen LogP contribution < -0.4 is 16.0 Å². The molecule has 5 heteroatoms. The van der Waals surface area contributed by atoms with Crippen molar-refractivity contribution in [3.8, 4) is 0 Å². The number of anilines is 3. The minimum Gasteiger partial charge on any atom is -0.399 e. The van der Waals surface area contributed by atoms with E-state index < -0.39 is 0 Å². The Morgan fingerprint density at radius 1 is 1.04 bits per heavy atom. The largest absolute Gasteiger partial charge is 0.399 e. The molecule has 0 radical (unpaired) electrons. The molecule has 2 aromatic rings. The number of benzene rings is 1. The molecule has 3 N–H and O–H groups in total. The third kappa shape index (κ3) is 3.99. The third-order valence-electron chi connectivity index (χ3n) is 4.40. The van der Waals surface area contributed by atoms with E-state index in [4.69, 9.17) is 5.73 Å². The summed E-state index contributed by atoms with van der Waals surface area (Å²) in [6, 6.07) is 8.20. The third-order valence-corrected chi connectivity index (χ3v) is 4.40. The van der Waals surface area contributed by atoms with E-state index in [9.17, 15) is 0 Å². The lowest BCUT2D eigenvalue weighted by molar-refractivity contribution is 0.593. The molecule has 0 saturated carbocycles. The van der Waals surface area contributed by atoms with Crippen LogP contribution in [0.2, 0.25) is 0 Å². The van der Waals surface area contributed by atoms with Gasteiger partial charge in [-0.25, -0.2) is 4.98 Å². The van der Waals surface area contributed by atoms with Crippen molar-refractivity contribution in [3.05, 3.63) is 59.8 Å². The van der Waals surface area contributed by atoms with Gasteiger partial charge in [-0.2, -0.15) is 0 Å². The van der Waals surface area contributed by atoms with Crippen LogP contribution in [0.1, 0.15) is 22.4 Å². The molecule has 5 nitrogen and oxygen atoms in total. The van der Waals surface area contributed by atoms with Crippen molar-refractivity contribution >= 4 is 28.6 Å². The summed E-state index contributed by atoms with van der Waals surface area (Å²) in [6.45, 7) is 12.1. The Bertz CT molecular complexity index is 850. The number of hydrogen-bond donors (Lipinski definition) is 2. The first-order valence-electron chi connectivity index (χ1n) is 8.49. The molecule has 0 aliphatic heterocycles. The summed E-state index contributed by atoms with van der Waals surface area (Å²) in [5.41, 5.74) is 13.3. The summed E-state index contributed by atoms with van der Waals surface area (Å²) in [4.78, 5) is 8.75. The van der Waals surface area contributed by atoms with Crippen molar-refractivity contribution in [2.75, 3.05) is 38.4 Å². The lowest BCUT2D eigenvalue weighted by Crippen LogP contribution is -2.15. The van der Waals surface area contributed by atoms with Gasteiger partial charge in [0.1, 0.15) is 5.82 Å². The number of aryl methyl sites for hydroxylation is 2. The van der Waals surface area contributed by atoms with Gasteiger partial charge in [-0.15, -0.1) is 0 Å². The maximum Gasteiger partial charge on any atom is 0.140 e. The molecule has 0 saturated heterocycles. The molecule has 0 fully saturated rings. The van der Waals surface area contributed by atoms with Crippen LogP contribution in [0.3, 0.4) is 0 Å². The average molecular weight is 351 g/mol. The van der Waals surface area contributed by atoms with Crippen LogP contribution in [0.15, 0.2) is 37.4 Å². The quantitative estimate of drug-likeness (QED) is 0.825. The molecule has 26 heavy (non-hydrogen) atoms. The van der Waals surface area contributed by atoms with Crippen LogP contribution in [0.4, 0.5) is 17.2 Å². The topological polar surface area (TPSA) is 57.4 Å². The number of nitrogens with zero attached hydrogens (tertiary/aromatic N) is 3. The van der Waals surface area contributed by atoms with Crippen LogP contribution in [0, 0.1) is 13.8 Å². The molecular formula is C21H29N5. The summed E-state index contributed by atoms with van der Waals surface area (Å²) < 4.78 is 0. The first kappa shape index (κ1) is 19.4. The highest BCUT2D eigenvalue weighted by molar-refractivity contribution is 5.80. The number of nitrogens with one attached hydrogen (secondary N) is 1. The van der Waals surface area contributed by atoms with Crippen molar-refractivity contribution < 1.29 is 0 Å². The zero-order chi connectivity index (χ0) is 19.6. The Kier molecular flexibility index (Phi) is 5.60. The first-order valence-corrected chi connectivity index (χ1v) is 8.49. The number of aromatic nitrogens is 1. The Morgan fingerprint density at radius 2 is 1.69 bits per heavy atom. The van der Waals surface area contributed by atoms with E-state index in [2.05, 4.69) is 40.5 Å². The smallest absolute Gasteiger partial charge is 0.140 e. The van der Waals surface area contributed by atoms with Crippen LogP contribution >= 0.6 is 0 Å². The second-order valence-electron chi connectivity index (χ2n) is 6.90. The maximum atomic E-state index is 5.97.